The normalized spacial score (nSPS) is 13.3. The van der Waals surface area contributed by atoms with Crippen LogP contribution in [-0.4, -0.2) is 82.1 Å². The Labute approximate surface area is 228 Å². The molecule has 0 radical (unpaired) electrons. The van der Waals surface area contributed by atoms with Crippen molar-refractivity contribution in [2.75, 3.05) is 24.6 Å². The summed E-state index contributed by atoms with van der Waals surface area (Å²) in [5.41, 5.74) is -1.05. The highest BCUT2D eigenvalue weighted by Gasteiger charge is 2.23. The van der Waals surface area contributed by atoms with Gasteiger partial charge in [0.15, 0.2) is 15.6 Å². The minimum atomic E-state index is -5.08. The van der Waals surface area contributed by atoms with Gasteiger partial charge in [0, 0.05) is 18.5 Å². The Balaban J connectivity index is 2.02. The van der Waals surface area contributed by atoms with Crippen LogP contribution in [0.1, 0.15) is 0 Å². The Hall–Kier alpha value is -3.24. The van der Waals surface area contributed by atoms with Crippen LogP contribution in [0.4, 0.5) is 11.4 Å². The fourth-order valence-electron chi connectivity index (χ4n) is 3.32. The first kappa shape index (κ1) is 31.3. The summed E-state index contributed by atoms with van der Waals surface area (Å²) in [6.45, 7) is -0.404. The third kappa shape index (κ3) is 7.69. The lowest BCUT2D eigenvalue weighted by atomic mass is 10.1. The second kappa shape index (κ2) is 11.3. The van der Waals surface area contributed by atoms with E-state index in [-0.39, 0.29) is 28.8 Å². The number of aromatic hydroxyl groups is 2. The molecule has 0 fully saturated rings. The molecule has 0 aliphatic heterocycles. The van der Waals surface area contributed by atoms with E-state index >= 15 is 0 Å². The van der Waals surface area contributed by atoms with Crippen LogP contribution in [0.5, 0.6) is 11.5 Å². The van der Waals surface area contributed by atoms with Gasteiger partial charge in [0.1, 0.15) is 22.0 Å². The molecular weight excluding hydrogens is 618 g/mol. The number of hydrogen-bond donors (Lipinski definition) is 6. The number of fused-ring (bicyclic) bond motifs is 1. The molecule has 16 nitrogen and oxygen atoms in total. The molecule has 218 valence electrons. The van der Waals surface area contributed by atoms with Crippen LogP contribution in [0.3, 0.4) is 0 Å². The van der Waals surface area contributed by atoms with E-state index in [2.05, 4.69) is 15.5 Å². The summed E-state index contributed by atoms with van der Waals surface area (Å²) < 4.78 is 121. The molecule has 0 aromatic heterocycles. The maximum atomic E-state index is 12.7. The van der Waals surface area contributed by atoms with Crippen molar-refractivity contribution in [2.24, 2.45) is 10.2 Å². The van der Waals surface area contributed by atoms with E-state index in [9.17, 15) is 53.0 Å². The highest BCUT2D eigenvalue weighted by Crippen LogP contribution is 2.42. The Bertz CT molecular complexity index is 1940. The molecule has 0 bridgehead atoms. The fourth-order valence-corrected chi connectivity index (χ4v) is 6.07. The number of nitrogens with zero attached hydrogens (tertiary/aromatic N) is 2. The summed E-state index contributed by atoms with van der Waals surface area (Å²) in [6.07, 6.45) is 0. The average Bonchev–Trinajstić information content (AvgIpc) is 2.81. The monoisotopic (exact) mass is 639 g/mol. The molecule has 0 saturated heterocycles. The lowest BCUT2D eigenvalue weighted by molar-refractivity contribution is 0.444. The highest BCUT2D eigenvalue weighted by atomic mass is 32.2. The third-order valence-electron chi connectivity index (χ3n) is 5.25. The first-order valence-corrected chi connectivity index (χ1v) is 16.8. The van der Waals surface area contributed by atoms with E-state index < -0.39 is 84.4 Å². The van der Waals surface area contributed by atoms with Crippen molar-refractivity contribution in [1.29, 1.82) is 0 Å². The summed E-state index contributed by atoms with van der Waals surface area (Å²) in [7, 11) is -18.1. The molecule has 0 unspecified atom stereocenters. The lowest BCUT2D eigenvalue weighted by Crippen LogP contribution is -2.27. The summed E-state index contributed by atoms with van der Waals surface area (Å²) in [4.78, 5) is -2.06. The van der Waals surface area contributed by atoms with E-state index in [1.54, 1.807) is 0 Å². The van der Waals surface area contributed by atoms with Crippen LogP contribution in [-0.2, 0) is 40.2 Å². The second-order valence-electron chi connectivity index (χ2n) is 8.11. The van der Waals surface area contributed by atoms with Gasteiger partial charge >= 0.3 is 0 Å². The Kier molecular flexibility index (Phi) is 8.86. The summed E-state index contributed by atoms with van der Waals surface area (Å²) in [5.74, 6) is -2.82. The summed E-state index contributed by atoms with van der Waals surface area (Å²) >= 11 is 0. The van der Waals surface area contributed by atoms with Crippen LogP contribution in [0.15, 0.2) is 67.4 Å². The van der Waals surface area contributed by atoms with Gasteiger partial charge < -0.3 is 15.5 Å². The smallest absolute Gasteiger partial charge is 0.298 e. The van der Waals surface area contributed by atoms with Crippen LogP contribution in [0.2, 0.25) is 0 Å². The molecular formula is C20H21N3O13S4. The predicted octanol–water partition coefficient (Wildman–Crippen LogP) is 1.41. The quantitative estimate of drug-likeness (QED) is 0.0983. The van der Waals surface area contributed by atoms with Gasteiger partial charge in [-0.05, 0) is 41.8 Å². The Morgan fingerprint density at radius 1 is 0.700 bits per heavy atom. The molecule has 0 spiro atoms. The fraction of sp³-hybridized carbons (Fsp3) is 0.200. The van der Waals surface area contributed by atoms with Gasteiger partial charge in [-0.15, -0.1) is 10.2 Å². The zero-order valence-corrected chi connectivity index (χ0v) is 23.2. The van der Waals surface area contributed by atoms with Crippen molar-refractivity contribution >= 4 is 62.3 Å². The minimum Gasteiger partial charge on any atom is -0.506 e. The maximum Gasteiger partial charge on any atom is 0.298 e. The SMILES string of the molecule is O=S(=O)(O)CCNCCS(=O)(=O)c1ccc(O)c(N=Nc2c(O)c(S(=O)(=O)O)cc3cc(S(=O)(=O)O)ccc23)c1. The van der Waals surface area contributed by atoms with Gasteiger partial charge in [0.2, 0.25) is 0 Å². The van der Waals surface area contributed by atoms with E-state index in [0.717, 1.165) is 42.5 Å². The lowest BCUT2D eigenvalue weighted by Gasteiger charge is -2.10. The molecule has 3 aromatic rings. The molecule has 0 aliphatic rings. The minimum absolute atomic E-state index is 0.0970. The van der Waals surface area contributed by atoms with Crippen LogP contribution < -0.4 is 5.32 Å². The summed E-state index contributed by atoms with van der Waals surface area (Å²) in [5, 5.41) is 30.3. The van der Waals surface area contributed by atoms with E-state index in [1.165, 1.54) is 0 Å². The zero-order valence-electron chi connectivity index (χ0n) is 19.9. The van der Waals surface area contributed by atoms with Gasteiger partial charge in [-0.25, -0.2) is 8.42 Å². The van der Waals surface area contributed by atoms with Crippen LogP contribution in [0.25, 0.3) is 10.8 Å². The number of phenols is 2. The van der Waals surface area contributed by atoms with Crippen LogP contribution in [0, 0.1) is 0 Å². The molecule has 40 heavy (non-hydrogen) atoms. The Morgan fingerprint density at radius 3 is 1.93 bits per heavy atom. The standard InChI is InChI=1S/C20H21N3O13S4/c24-17-4-2-13(37(26,27)7-5-21-6-8-38(28,29)30)11-16(17)22-23-19-15-3-1-14(39(31,32)33)9-12(15)10-18(20(19)25)40(34,35)36/h1-4,9-11,21,24-25H,5-8H2,(H,28,29,30)(H,31,32,33)(H,34,35,36). The molecule has 3 rings (SSSR count). The van der Waals surface area contributed by atoms with Crippen molar-refractivity contribution in [3.63, 3.8) is 0 Å². The largest absolute Gasteiger partial charge is 0.506 e. The van der Waals surface area contributed by atoms with Crippen molar-refractivity contribution < 1.29 is 57.5 Å². The van der Waals surface area contributed by atoms with Crippen molar-refractivity contribution in [3.05, 3.63) is 42.5 Å². The molecule has 0 amide bonds. The molecule has 0 atom stereocenters. The third-order valence-corrected chi connectivity index (χ3v) is 9.40. The molecule has 6 N–H and O–H groups in total. The predicted molar refractivity (Wildman–Crippen MR) is 139 cm³/mol. The number of benzene rings is 3. The average molecular weight is 640 g/mol. The highest BCUT2D eigenvalue weighted by molar-refractivity contribution is 7.91. The number of hydrogen-bond acceptors (Lipinski definition) is 13. The van der Waals surface area contributed by atoms with Gasteiger partial charge in [0.25, 0.3) is 30.4 Å². The first-order chi connectivity index (χ1) is 18.3. The van der Waals surface area contributed by atoms with Crippen LogP contribution >= 0.6 is 0 Å². The second-order valence-corrected chi connectivity index (χ2v) is 14.6. The number of rotatable bonds is 11. The topological polar surface area (TPSA) is 274 Å². The zero-order chi connectivity index (χ0) is 30.1. The summed E-state index contributed by atoms with van der Waals surface area (Å²) in [6, 6.07) is 6.46. The van der Waals surface area contributed by atoms with Gasteiger partial charge in [-0.2, -0.15) is 25.3 Å². The number of azo groups is 1. The molecule has 0 aliphatic carbocycles. The van der Waals surface area contributed by atoms with E-state index in [1.807, 2.05) is 0 Å². The van der Waals surface area contributed by atoms with E-state index in [0.29, 0.717) is 0 Å². The van der Waals surface area contributed by atoms with Gasteiger partial charge in [-0.1, -0.05) is 6.07 Å². The maximum absolute atomic E-state index is 12.7. The Morgan fingerprint density at radius 2 is 1.32 bits per heavy atom. The number of nitrogens with one attached hydrogen (secondary N) is 1. The van der Waals surface area contributed by atoms with Crippen molar-refractivity contribution in [3.8, 4) is 11.5 Å². The molecule has 3 aromatic carbocycles. The van der Waals surface area contributed by atoms with Gasteiger partial charge in [0.05, 0.1) is 21.3 Å². The van der Waals surface area contributed by atoms with Crippen molar-refractivity contribution in [1.82, 2.24) is 5.32 Å². The van der Waals surface area contributed by atoms with Gasteiger partial charge in [-0.3, -0.25) is 13.7 Å². The molecule has 20 heteroatoms. The van der Waals surface area contributed by atoms with E-state index in [4.69, 9.17) is 4.55 Å². The molecule has 0 heterocycles. The van der Waals surface area contributed by atoms with Crippen molar-refractivity contribution in [2.45, 2.75) is 14.7 Å². The molecule has 0 saturated carbocycles. The number of phenolic OH excluding ortho intramolecular Hbond substituents is 2. The number of sulfone groups is 1. The first-order valence-electron chi connectivity index (χ1n) is 10.7.